The number of nitrogens with one attached hydrogen (secondary N) is 1. The molecule has 0 spiro atoms. The third-order valence-electron chi connectivity index (χ3n) is 2.99. The van der Waals surface area contributed by atoms with Gasteiger partial charge in [-0.1, -0.05) is 24.6 Å². The molecule has 20 heavy (non-hydrogen) atoms. The Labute approximate surface area is 124 Å². The summed E-state index contributed by atoms with van der Waals surface area (Å²) in [5.74, 6) is 1.15. The van der Waals surface area contributed by atoms with Crippen LogP contribution in [0.15, 0.2) is 22.6 Å². The predicted octanol–water partition coefficient (Wildman–Crippen LogP) is 3.63. The smallest absolute Gasteiger partial charge is 0.249 e. The van der Waals surface area contributed by atoms with E-state index in [0.717, 1.165) is 43.5 Å². The fraction of sp³-hybridized carbons (Fsp3) is 0.467. The Morgan fingerprint density at radius 3 is 2.85 bits per heavy atom. The van der Waals surface area contributed by atoms with E-state index in [9.17, 15) is 0 Å². The highest BCUT2D eigenvalue weighted by molar-refractivity contribution is 6.33. The van der Waals surface area contributed by atoms with Gasteiger partial charge in [0.2, 0.25) is 11.8 Å². The first-order valence-corrected chi connectivity index (χ1v) is 7.38. The maximum atomic E-state index is 6.20. The van der Waals surface area contributed by atoms with Gasteiger partial charge in [-0.05, 0) is 50.6 Å². The second-order valence-corrected chi connectivity index (χ2v) is 5.25. The SMILES string of the molecule is CCCNCCCc1nnc(-c2ccc(C)cc2Cl)o1. The third kappa shape index (κ3) is 4.05. The van der Waals surface area contributed by atoms with Gasteiger partial charge in [0.1, 0.15) is 0 Å². The van der Waals surface area contributed by atoms with Gasteiger partial charge in [0.25, 0.3) is 0 Å². The molecule has 1 heterocycles. The summed E-state index contributed by atoms with van der Waals surface area (Å²) < 4.78 is 5.66. The van der Waals surface area contributed by atoms with E-state index in [2.05, 4.69) is 22.4 Å². The molecule has 1 N–H and O–H groups in total. The summed E-state index contributed by atoms with van der Waals surface area (Å²) in [5, 5.41) is 12.1. The molecule has 4 nitrogen and oxygen atoms in total. The summed E-state index contributed by atoms with van der Waals surface area (Å²) in [4.78, 5) is 0. The van der Waals surface area contributed by atoms with E-state index in [1.54, 1.807) is 0 Å². The van der Waals surface area contributed by atoms with Gasteiger partial charge in [-0.3, -0.25) is 0 Å². The number of rotatable bonds is 7. The Balaban J connectivity index is 1.95. The monoisotopic (exact) mass is 293 g/mol. The molecule has 0 atom stereocenters. The van der Waals surface area contributed by atoms with Crippen molar-refractivity contribution < 1.29 is 4.42 Å². The Kier molecular flexibility index (Phi) is 5.56. The normalized spacial score (nSPS) is 10.9. The number of hydrogen-bond acceptors (Lipinski definition) is 4. The van der Waals surface area contributed by atoms with E-state index >= 15 is 0 Å². The van der Waals surface area contributed by atoms with Crippen LogP contribution in [0.1, 0.15) is 31.2 Å². The molecule has 0 fully saturated rings. The van der Waals surface area contributed by atoms with Crippen molar-refractivity contribution in [1.82, 2.24) is 15.5 Å². The van der Waals surface area contributed by atoms with Crippen LogP contribution in [0.3, 0.4) is 0 Å². The Bertz CT molecular complexity index is 554. The second-order valence-electron chi connectivity index (χ2n) is 4.84. The van der Waals surface area contributed by atoms with E-state index in [0.29, 0.717) is 16.8 Å². The number of halogens is 1. The zero-order valence-corrected chi connectivity index (χ0v) is 12.7. The van der Waals surface area contributed by atoms with Crippen molar-refractivity contribution in [2.75, 3.05) is 13.1 Å². The lowest BCUT2D eigenvalue weighted by molar-refractivity contribution is 0.491. The quantitative estimate of drug-likeness (QED) is 0.792. The molecule has 1 aromatic heterocycles. The Morgan fingerprint density at radius 2 is 2.10 bits per heavy atom. The van der Waals surface area contributed by atoms with Gasteiger partial charge in [0.05, 0.1) is 10.6 Å². The van der Waals surface area contributed by atoms with Gasteiger partial charge < -0.3 is 9.73 Å². The molecule has 0 radical (unpaired) electrons. The molecule has 2 rings (SSSR count). The average molecular weight is 294 g/mol. The van der Waals surface area contributed by atoms with E-state index in [1.165, 1.54) is 0 Å². The van der Waals surface area contributed by atoms with E-state index in [4.69, 9.17) is 16.0 Å². The van der Waals surface area contributed by atoms with Crippen LogP contribution in [0.5, 0.6) is 0 Å². The summed E-state index contributed by atoms with van der Waals surface area (Å²) >= 11 is 6.20. The molecule has 0 aliphatic heterocycles. The van der Waals surface area contributed by atoms with Crippen molar-refractivity contribution in [2.24, 2.45) is 0 Å². The fourth-order valence-corrected chi connectivity index (χ4v) is 2.24. The largest absolute Gasteiger partial charge is 0.421 e. The molecular weight excluding hydrogens is 274 g/mol. The first kappa shape index (κ1) is 15.0. The first-order chi connectivity index (χ1) is 9.70. The fourth-order valence-electron chi connectivity index (χ4n) is 1.92. The highest BCUT2D eigenvalue weighted by Crippen LogP contribution is 2.27. The molecule has 0 saturated heterocycles. The van der Waals surface area contributed by atoms with Gasteiger partial charge >= 0.3 is 0 Å². The summed E-state index contributed by atoms with van der Waals surface area (Å²) in [6, 6.07) is 5.80. The van der Waals surface area contributed by atoms with Crippen LogP contribution in [0.4, 0.5) is 0 Å². The molecule has 0 amide bonds. The zero-order valence-electron chi connectivity index (χ0n) is 11.9. The lowest BCUT2D eigenvalue weighted by Gasteiger charge is -2.01. The van der Waals surface area contributed by atoms with Crippen LogP contribution in [-0.4, -0.2) is 23.3 Å². The van der Waals surface area contributed by atoms with Gasteiger partial charge in [-0.15, -0.1) is 10.2 Å². The summed E-state index contributed by atoms with van der Waals surface area (Å²) in [6.45, 7) is 6.17. The highest BCUT2D eigenvalue weighted by atomic mass is 35.5. The molecule has 5 heteroatoms. The second kappa shape index (κ2) is 7.41. The van der Waals surface area contributed by atoms with Crippen molar-refractivity contribution in [2.45, 2.75) is 33.1 Å². The summed E-state index contributed by atoms with van der Waals surface area (Å²) in [6.07, 6.45) is 2.92. The molecule has 0 aliphatic rings. The van der Waals surface area contributed by atoms with Gasteiger partial charge in [0, 0.05) is 6.42 Å². The van der Waals surface area contributed by atoms with Crippen molar-refractivity contribution in [1.29, 1.82) is 0 Å². The minimum Gasteiger partial charge on any atom is -0.421 e. The molecule has 1 aromatic carbocycles. The lowest BCUT2D eigenvalue weighted by atomic mass is 10.1. The summed E-state index contributed by atoms with van der Waals surface area (Å²) in [5.41, 5.74) is 1.90. The summed E-state index contributed by atoms with van der Waals surface area (Å²) in [7, 11) is 0. The number of hydrogen-bond donors (Lipinski definition) is 1. The van der Waals surface area contributed by atoms with Crippen molar-refractivity contribution in [3.63, 3.8) is 0 Å². The zero-order chi connectivity index (χ0) is 14.4. The van der Waals surface area contributed by atoms with Gasteiger partial charge in [-0.25, -0.2) is 0 Å². The van der Waals surface area contributed by atoms with Crippen LogP contribution in [0.25, 0.3) is 11.5 Å². The number of benzene rings is 1. The van der Waals surface area contributed by atoms with E-state index in [-0.39, 0.29) is 0 Å². The van der Waals surface area contributed by atoms with Crippen LogP contribution < -0.4 is 5.32 Å². The minimum atomic E-state index is 0.492. The number of nitrogens with zero attached hydrogens (tertiary/aromatic N) is 2. The topological polar surface area (TPSA) is 51.0 Å². The minimum absolute atomic E-state index is 0.492. The van der Waals surface area contributed by atoms with Crippen LogP contribution in [-0.2, 0) is 6.42 Å². The van der Waals surface area contributed by atoms with Crippen molar-refractivity contribution in [3.05, 3.63) is 34.7 Å². The molecule has 0 unspecified atom stereocenters. The van der Waals surface area contributed by atoms with Crippen molar-refractivity contribution in [3.8, 4) is 11.5 Å². The molecule has 0 saturated carbocycles. The lowest BCUT2D eigenvalue weighted by Crippen LogP contribution is -2.16. The number of aryl methyl sites for hydroxylation is 2. The Hall–Kier alpha value is -1.39. The Morgan fingerprint density at radius 1 is 1.25 bits per heavy atom. The van der Waals surface area contributed by atoms with Gasteiger partial charge in [0.15, 0.2) is 0 Å². The van der Waals surface area contributed by atoms with E-state index in [1.807, 2.05) is 25.1 Å². The van der Waals surface area contributed by atoms with E-state index < -0.39 is 0 Å². The highest BCUT2D eigenvalue weighted by Gasteiger charge is 2.11. The molecule has 2 aromatic rings. The average Bonchev–Trinajstić information content (AvgIpc) is 2.87. The molecular formula is C15H20ClN3O. The maximum Gasteiger partial charge on any atom is 0.249 e. The predicted molar refractivity (Wildman–Crippen MR) is 81.0 cm³/mol. The van der Waals surface area contributed by atoms with Crippen molar-refractivity contribution >= 4 is 11.6 Å². The molecule has 108 valence electrons. The third-order valence-corrected chi connectivity index (χ3v) is 3.31. The maximum absolute atomic E-state index is 6.20. The standard InChI is InChI=1S/C15H20ClN3O/c1-3-8-17-9-4-5-14-18-19-15(20-14)12-7-6-11(2)10-13(12)16/h6-7,10,17H,3-5,8-9H2,1-2H3. The molecule has 0 bridgehead atoms. The number of aromatic nitrogens is 2. The van der Waals surface area contributed by atoms with Crippen LogP contribution in [0, 0.1) is 6.92 Å². The first-order valence-electron chi connectivity index (χ1n) is 7.00. The molecule has 0 aliphatic carbocycles. The van der Waals surface area contributed by atoms with Crippen LogP contribution >= 0.6 is 11.6 Å². The van der Waals surface area contributed by atoms with Crippen LogP contribution in [0.2, 0.25) is 5.02 Å². The van der Waals surface area contributed by atoms with Gasteiger partial charge in [-0.2, -0.15) is 0 Å².